The average molecular weight is 770 g/mol. The maximum Gasteiger partial charge on any atom is 0.322 e. The van der Waals surface area contributed by atoms with Gasteiger partial charge in [-0.3, -0.25) is 19.4 Å². The van der Waals surface area contributed by atoms with Gasteiger partial charge in [0.05, 0.1) is 25.9 Å². The minimum Gasteiger partial charge on any atom is -0.496 e. The molecule has 12 nitrogen and oxygen atoms in total. The molecule has 1 aliphatic carbocycles. The number of methoxy groups -OCH3 is 2. The standard InChI is InChI=1S/C44H59N5O7/c1-7-41(53)22-27-23-43(40(52)56-6,35-29(14-18-48(24-27)25-41)28-12-9-10-13-32(28)46-35)31-20-26(3)33(21-34(31)55-5)47(4)37-30-15-19-49-17-11-16-42(8-2,36(30)49)38(50)44(37,54)39(45)51/h9-13,16,20-21,27,30,36-38,46,50,53-54H,7-8,14-15,17-19,22-25H2,1-6H3,(H2,45,51)/t27-,30+,36?,37-,38-,41+,42-,43+,44+/m1/s1. The van der Waals surface area contributed by atoms with Gasteiger partial charge in [-0.25, -0.2) is 0 Å². The van der Waals surface area contributed by atoms with Crippen molar-refractivity contribution in [2.75, 3.05) is 58.9 Å². The van der Waals surface area contributed by atoms with E-state index in [2.05, 4.69) is 20.9 Å². The fraction of sp³-hybridized carbons (Fsp3) is 0.591. The van der Waals surface area contributed by atoms with Crippen molar-refractivity contribution in [3.8, 4) is 5.75 Å². The second-order valence-electron chi connectivity index (χ2n) is 17.5. The second-order valence-corrected chi connectivity index (χ2v) is 17.5. The number of carbonyl (C=O) groups excluding carboxylic acids is 2. The Hall–Kier alpha value is -3.94. The van der Waals surface area contributed by atoms with Crippen LogP contribution in [0.25, 0.3) is 10.9 Å². The number of aromatic nitrogens is 1. The van der Waals surface area contributed by atoms with Crippen LogP contribution >= 0.6 is 0 Å². The summed E-state index contributed by atoms with van der Waals surface area (Å²) in [5.74, 6) is -1.18. The predicted octanol–water partition coefficient (Wildman–Crippen LogP) is 3.41. The lowest BCUT2D eigenvalue weighted by Gasteiger charge is -2.61. The number of H-pyrrole nitrogens is 1. The maximum atomic E-state index is 14.9. The number of amides is 1. The van der Waals surface area contributed by atoms with E-state index in [0.29, 0.717) is 55.6 Å². The normalized spacial score (nSPS) is 36.5. The Morgan fingerprint density at radius 2 is 1.86 bits per heavy atom. The lowest BCUT2D eigenvalue weighted by Crippen LogP contribution is -2.78. The summed E-state index contributed by atoms with van der Waals surface area (Å²) in [6, 6.07) is 11.1. The van der Waals surface area contributed by atoms with Crippen LogP contribution in [-0.4, -0.2) is 125 Å². The van der Waals surface area contributed by atoms with Gasteiger partial charge >= 0.3 is 5.97 Å². The van der Waals surface area contributed by atoms with Gasteiger partial charge in [-0.15, -0.1) is 0 Å². The number of ether oxygens (including phenoxy) is 2. The van der Waals surface area contributed by atoms with E-state index in [1.165, 1.54) is 7.11 Å². The summed E-state index contributed by atoms with van der Waals surface area (Å²) in [7, 11) is 4.86. The summed E-state index contributed by atoms with van der Waals surface area (Å²) in [5, 5.41) is 37.6. The number of aliphatic hydroxyl groups excluding tert-OH is 1. The number of aryl methyl sites for hydroxylation is 1. The molecule has 2 aromatic carbocycles. The molecule has 1 aromatic heterocycles. The van der Waals surface area contributed by atoms with Crippen molar-refractivity contribution in [1.29, 1.82) is 0 Å². The molecular weight excluding hydrogens is 711 g/mol. The third-order valence-corrected chi connectivity index (χ3v) is 14.8. The third kappa shape index (κ3) is 5.42. The first-order chi connectivity index (χ1) is 26.7. The van der Waals surface area contributed by atoms with E-state index in [0.717, 1.165) is 60.3 Å². The monoisotopic (exact) mass is 769 g/mol. The minimum atomic E-state index is -2.27. The zero-order valence-corrected chi connectivity index (χ0v) is 33.7. The molecule has 5 heterocycles. The van der Waals surface area contributed by atoms with Crippen LogP contribution in [0, 0.1) is 24.2 Å². The Morgan fingerprint density at radius 1 is 1.09 bits per heavy atom. The predicted molar refractivity (Wildman–Crippen MR) is 215 cm³/mol. The first-order valence-electron chi connectivity index (χ1n) is 20.4. The smallest absolute Gasteiger partial charge is 0.322 e. The highest BCUT2D eigenvalue weighted by Gasteiger charge is 2.70. The highest BCUT2D eigenvalue weighted by molar-refractivity contribution is 5.94. The van der Waals surface area contributed by atoms with E-state index in [9.17, 15) is 24.9 Å². The number of rotatable bonds is 8. The number of fused-ring (bicyclic) bond motifs is 5. The molecule has 6 N–H and O–H groups in total. The van der Waals surface area contributed by atoms with E-state index >= 15 is 0 Å². The maximum absolute atomic E-state index is 14.9. The number of esters is 1. The highest BCUT2D eigenvalue weighted by atomic mass is 16.5. The average Bonchev–Trinajstić information content (AvgIpc) is 3.80. The summed E-state index contributed by atoms with van der Waals surface area (Å²) >= 11 is 0. The zero-order chi connectivity index (χ0) is 39.9. The van der Waals surface area contributed by atoms with E-state index < -0.39 is 46.1 Å². The van der Waals surface area contributed by atoms with Gasteiger partial charge in [0.2, 0.25) is 0 Å². The van der Waals surface area contributed by atoms with Crippen LogP contribution in [0.2, 0.25) is 0 Å². The van der Waals surface area contributed by atoms with Crippen molar-refractivity contribution in [2.24, 2.45) is 23.0 Å². The molecule has 2 saturated heterocycles. The van der Waals surface area contributed by atoms with Gasteiger partial charge in [0.1, 0.15) is 17.3 Å². The van der Waals surface area contributed by atoms with Crippen LogP contribution in [-0.2, 0) is 26.2 Å². The molecule has 2 bridgehead atoms. The molecule has 302 valence electrons. The Labute approximate surface area is 329 Å². The first kappa shape index (κ1) is 38.9. The summed E-state index contributed by atoms with van der Waals surface area (Å²) in [4.78, 5) is 38.8. The zero-order valence-electron chi connectivity index (χ0n) is 33.7. The number of nitrogens with zero attached hydrogens (tertiary/aromatic N) is 3. The van der Waals surface area contributed by atoms with Crippen LogP contribution in [0.5, 0.6) is 5.75 Å². The molecule has 2 unspecified atom stereocenters. The second kappa shape index (κ2) is 13.9. The summed E-state index contributed by atoms with van der Waals surface area (Å²) in [6.45, 7) is 9.53. The van der Waals surface area contributed by atoms with Crippen molar-refractivity contribution >= 4 is 28.5 Å². The number of aromatic amines is 1. The number of benzene rings is 2. The van der Waals surface area contributed by atoms with Gasteiger partial charge in [0, 0.05) is 84.5 Å². The molecule has 0 radical (unpaired) electrons. The molecule has 8 rings (SSSR count). The van der Waals surface area contributed by atoms with Crippen molar-refractivity contribution < 1.29 is 34.4 Å². The number of hydrogen-bond acceptors (Lipinski definition) is 10. The van der Waals surface area contributed by atoms with Crippen molar-refractivity contribution in [3.63, 3.8) is 0 Å². The number of likely N-dealkylation sites (N-methyl/N-ethyl adjacent to an activating group) is 1. The van der Waals surface area contributed by atoms with Gasteiger partial charge in [-0.1, -0.05) is 44.2 Å². The van der Waals surface area contributed by atoms with E-state index in [1.54, 1.807) is 7.11 Å². The van der Waals surface area contributed by atoms with Crippen molar-refractivity contribution in [2.45, 2.75) is 94.1 Å². The molecule has 1 amide bonds. The Balaban J connectivity index is 1.32. The molecular formula is C44H59N5O7. The van der Waals surface area contributed by atoms with Gasteiger partial charge in [0.15, 0.2) is 5.60 Å². The Kier molecular flexibility index (Phi) is 9.64. The largest absolute Gasteiger partial charge is 0.496 e. The lowest BCUT2D eigenvalue weighted by atomic mass is 9.54. The SMILES string of the molecule is CC[C@]1(O)C[C@H]2CN(CCc3c([nH]c4ccccc34)[C@@](C(=O)OC)(c3cc(C)c(N(C)[C@@H]4[C@H]5CCN6CC=C[C@](CC)(C56)[C@@H](O)[C@]4(O)C(N)=O)cc3OC)C2)C1. The number of nitrogens with one attached hydrogen (secondary N) is 1. The van der Waals surface area contributed by atoms with E-state index in [4.69, 9.17) is 15.2 Å². The van der Waals surface area contributed by atoms with Crippen LogP contribution in [0.15, 0.2) is 48.6 Å². The molecule has 5 aliphatic rings. The van der Waals surface area contributed by atoms with Gasteiger partial charge in [-0.05, 0) is 81.2 Å². The number of nitrogens with two attached hydrogens (primary N) is 1. The molecule has 56 heavy (non-hydrogen) atoms. The number of piperidine rings is 1. The summed E-state index contributed by atoms with van der Waals surface area (Å²) in [6.07, 6.45) is 6.02. The van der Waals surface area contributed by atoms with Crippen molar-refractivity contribution in [1.82, 2.24) is 14.8 Å². The summed E-state index contributed by atoms with van der Waals surface area (Å²) < 4.78 is 12.1. The Morgan fingerprint density at radius 3 is 2.55 bits per heavy atom. The molecule has 1 saturated carbocycles. The van der Waals surface area contributed by atoms with Crippen LogP contribution < -0.4 is 15.4 Å². The third-order valence-electron chi connectivity index (χ3n) is 14.8. The van der Waals surface area contributed by atoms with Gasteiger partial charge < -0.3 is 40.4 Å². The van der Waals surface area contributed by atoms with Crippen LogP contribution in [0.3, 0.4) is 0 Å². The van der Waals surface area contributed by atoms with Crippen LogP contribution in [0.4, 0.5) is 5.69 Å². The molecule has 4 aliphatic heterocycles. The highest BCUT2D eigenvalue weighted by Crippen LogP contribution is 2.57. The Bertz CT molecular complexity index is 2070. The number of primary amides is 1. The molecule has 12 heteroatoms. The lowest BCUT2D eigenvalue weighted by molar-refractivity contribution is -0.197. The number of aliphatic hydroxyl groups is 3. The number of hydrogen-bond donors (Lipinski definition) is 5. The molecule has 10 atom stereocenters. The fourth-order valence-electron chi connectivity index (χ4n) is 12.3. The van der Waals surface area contributed by atoms with Gasteiger partial charge in [-0.2, -0.15) is 0 Å². The van der Waals surface area contributed by atoms with Crippen molar-refractivity contribution in [3.05, 3.63) is 70.9 Å². The van der Waals surface area contributed by atoms with Crippen LogP contribution in [0.1, 0.15) is 68.3 Å². The number of para-hydroxylation sites is 1. The quantitative estimate of drug-likeness (QED) is 0.170. The summed E-state index contributed by atoms with van der Waals surface area (Å²) in [5.41, 5.74) is 5.61. The number of anilines is 1. The molecule has 0 spiro atoms. The first-order valence-corrected chi connectivity index (χ1v) is 20.4. The van der Waals surface area contributed by atoms with E-state index in [-0.39, 0.29) is 17.9 Å². The molecule has 3 fully saturated rings. The van der Waals surface area contributed by atoms with E-state index in [1.807, 2.05) is 75.2 Å². The topological polar surface area (TPSA) is 165 Å². The molecule has 3 aromatic rings. The van der Waals surface area contributed by atoms with Gasteiger partial charge in [0.25, 0.3) is 5.91 Å². The number of carbonyl (C=O) groups is 2. The fourth-order valence-corrected chi connectivity index (χ4v) is 12.3. The minimum absolute atomic E-state index is 0.0551.